The smallest absolute Gasteiger partial charge is 0.234 e. The predicted octanol–water partition coefficient (Wildman–Crippen LogP) is 0.367. The lowest BCUT2D eigenvalue weighted by Crippen LogP contribution is -2.62. The molecule has 7 heteroatoms. The summed E-state index contributed by atoms with van der Waals surface area (Å²) in [5, 5.41) is 27.3. The van der Waals surface area contributed by atoms with Crippen molar-refractivity contribution in [3.05, 3.63) is 10.6 Å². The summed E-state index contributed by atoms with van der Waals surface area (Å²) in [5.41, 5.74) is 1.04. The molecule has 25 heavy (non-hydrogen) atoms. The molecule has 0 saturated carbocycles. The van der Waals surface area contributed by atoms with E-state index in [1.54, 1.807) is 6.92 Å². The Kier molecular flexibility index (Phi) is 5.80. The molecule has 0 spiro atoms. The van der Waals surface area contributed by atoms with Gasteiger partial charge in [0.05, 0.1) is 24.2 Å². The molecule has 0 radical (unpaired) electrons. The second-order valence-corrected chi connectivity index (χ2v) is 8.92. The van der Waals surface area contributed by atoms with Gasteiger partial charge in [0.1, 0.15) is 0 Å². The van der Waals surface area contributed by atoms with Gasteiger partial charge in [0.2, 0.25) is 5.91 Å². The van der Waals surface area contributed by atoms with Crippen LogP contribution in [-0.4, -0.2) is 71.2 Å². The molecule has 0 aromatic heterocycles. The number of rotatable bonds is 7. The van der Waals surface area contributed by atoms with Gasteiger partial charge in [-0.3, -0.25) is 4.79 Å². The van der Waals surface area contributed by atoms with E-state index in [9.17, 15) is 15.0 Å². The molecule has 0 aromatic rings. The van der Waals surface area contributed by atoms with Crippen LogP contribution in [-0.2, 0) is 4.79 Å². The van der Waals surface area contributed by atoms with Crippen LogP contribution in [0.25, 0.3) is 0 Å². The lowest BCUT2D eigenvalue weighted by Gasteiger charge is -2.46. The number of nitrogens with one attached hydrogen (secondary N) is 2. The second-order valence-electron chi connectivity index (χ2n) is 7.64. The fourth-order valence-electron chi connectivity index (χ4n) is 4.60. The Morgan fingerprint density at radius 2 is 2.12 bits per heavy atom. The van der Waals surface area contributed by atoms with Crippen molar-refractivity contribution in [1.29, 1.82) is 0 Å². The minimum absolute atomic E-state index is 0.0510. The van der Waals surface area contributed by atoms with Gasteiger partial charge in [-0.25, -0.2) is 0 Å². The largest absolute Gasteiger partial charge is 0.393 e. The van der Waals surface area contributed by atoms with Gasteiger partial charge in [-0.2, -0.15) is 0 Å². The van der Waals surface area contributed by atoms with Crippen LogP contribution in [0.2, 0.25) is 0 Å². The number of fused-ring (bicyclic) bond motifs is 1. The van der Waals surface area contributed by atoms with Crippen molar-refractivity contribution in [2.75, 3.05) is 26.7 Å². The van der Waals surface area contributed by atoms with E-state index in [2.05, 4.69) is 17.6 Å². The molecule has 0 aromatic carbocycles. The van der Waals surface area contributed by atoms with E-state index in [-0.39, 0.29) is 35.8 Å². The third kappa shape index (κ3) is 3.25. The number of carbonyl (C=O) groups is 1. The van der Waals surface area contributed by atoms with Gasteiger partial charge < -0.3 is 25.7 Å². The molecule has 7 atom stereocenters. The van der Waals surface area contributed by atoms with Crippen LogP contribution in [0.4, 0.5) is 0 Å². The summed E-state index contributed by atoms with van der Waals surface area (Å²) in [6.45, 7) is 8.42. The normalized spacial score (nSPS) is 37.3. The first kappa shape index (κ1) is 19.2. The number of nitrogens with zero attached hydrogens (tertiary/aromatic N) is 1. The van der Waals surface area contributed by atoms with Gasteiger partial charge in [0.15, 0.2) is 0 Å². The summed E-state index contributed by atoms with van der Waals surface area (Å²) in [7, 11) is 1.90. The Labute approximate surface area is 154 Å². The maximum atomic E-state index is 12.4. The maximum Gasteiger partial charge on any atom is 0.234 e. The molecule has 3 heterocycles. The van der Waals surface area contributed by atoms with Crippen molar-refractivity contribution in [3.63, 3.8) is 0 Å². The van der Waals surface area contributed by atoms with Crippen molar-refractivity contribution in [2.24, 2.45) is 17.8 Å². The second kappa shape index (κ2) is 7.56. The average Bonchev–Trinajstić information content (AvgIpc) is 3.09. The molecule has 3 aliphatic heterocycles. The summed E-state index contributed by atoms with van der Waals surface area (Å²) in [6.07, 6.45) is -0.163. The van der Waals surface area contributed by atoms with Crippen LogP contribution in [0.5, 0.6) is 0 Å². The predicted molar refractivity (Wildman–Crippen MR) is 100.0 cm³/mol. The van der Waals surface area contributed by atoms with Crippen molar-refractivity contribution >= 4 is 17.7 Å². The molecular formula is C18H31N3O3S. The van der Waals surface area contributed by atoms with E-state index in [0.29, 0.717) is 5.25 Å². The van der Waals surface area contributed by atoms with Crippen LogP contribution in [0.3, 0.4) is 0 Å². The first-order chi connectivity index (χ1) is 11.9. The maximum absolute atomic E-state index is 12.4. The number of allylic oxidation sites excluding steroid dienone is 1. The minimum Gasteiger partial charge on any atom is -0.393 e. The molecule has 6 nitrogen and oxygen atoms in total. The van der Waals surface area contributed by atoms with Crippen molar-refractivity contribution in [2.45, 2.75) is 50.7 Å². The fraction of sp³-hybridized carbons (Fsp3) is 0.833. The Hall–Kier alpha value is -0.600. The average molecular weight is 370 g/mol. The van der Waals surface area contributed by atoms with Crippen molar-refractivity contribution in [3.8, 4) is 0 Å². The molecule has 3 aliphatic rings. The van der Waals surface area contributed by atoms with Gasteiger partial charge in [-0.15, -0.1) is 11.8 Å². The van der Waals surface area contributed by atoms with E-state index < -0.39 is 6.10 Å². The van der Waals surface area contributed by atoms with Gasteiger partial charge >= 0.3 is 0 Å². The molecular weight excluding hydrogens is 338 g/mol. The Balaban J connectivity index is 1.70. The molecule has 142 valence electrons. The Bertz CT molecular complexity index is 554. The topological polar surface area (TPSA) is 84.8 Å². The van der Waals surface area contributed by atoms with E-state index >= 15 is 0 Å². The quantitative estimate of drug-likeness (QED) is 0.485. The number of amides is 1. The summed E-state index contributed by atoms with van der Waals surface area (Å²) >= 11 is 1.83. The molecule has 2 fully saturated rings. The Morgan fingerprint density at radius 1 is 1.40 bits per heavy atom. The molecule has 1 amide bonds. The van der Waals surface area contributed by atoms with E-state index in [4.69, 9.17) is 0 Å². The molecule has 2 saturated heterocycles. The molecule has 0 aliphatic carbocycles. The monoisotopic (exact) mass is 369 g/mol. The highest BCUT2D eigenvalue weighted by Crippen LogP contribution is 2.51. The van der Waals surface area contributed by atoms with E-state index in [1.165, 1.54) is 4.91 Å². The number of hydrogen-bond donors (Lipinski definition) is 4. The van der Waals surface area contributed by atoms with Crippen molar-refractivity contribution < 1.29 is 15.0 Å². The zero-order chi connectivity index (χ0) is 18.3. The number of hydrogen-bond acceptors (Lipinski definition) is 6. The summed E-state index contributed by atoms with van der Waals surface area (Å²) in [4.78, 5) is 15.5. The first-order valence-electron chi connectivity index (χ1n) is 9.30. The zero-order valence-corrected chi connectivity index (χ0v) is 16.3. The van der Waals surface area contributed by atoms with Crippen LogP contribution in [0, 0.1) is 17.8 Å². The first-order valence-corrected chi connectivity index (χ1v) is 10.2. The summed E-state index contributed by atoms with van der Waals surface area (Å²) in [5.74, 6) is 0.247. The summed E-state index contributed by atoms with van der Waals surface area (Å²) < 4.78 is 0. The van der Waals surface area contributed by atoms with E-state index in [0.717, 1.165) is 31.8 Å². The van der Waals surface area contributed by atoms with Crippen LogP contribution in [0.1, 0.15) is 27.2 Å². The molecule has 0 bridgehead atoms. The number of β-lactam (4-membered cyclic amide) rings is 1. The molecule has 4 N–H and O–H groups in total. The fourth-order valence-corrected chi connectivity index (χ4v) is 6.20. The highest BCUT2D eigenvalue weighted by molar-refractivity contribution is 8.03. The number of thioether (sulfide) groups is 1. The number of aliphatic hydroxyl groups is 2. The van der Waals surface area contributed by atoms with Crippen LogP contribution >= 0.6 is 11.8 Å². The van der Waals surface area contributed by atoms with Gasteiger partial charge in [-0.05, 0) is 33.9 Å². The van der Waals surface area contributed by atoms with E-state index in [1.807, 2.05) is 30.6 Å². The van der Waals surface area contributed by atoms with Gasteiger partial charge in [0, 0.05) is 40.8 Å². The third-order valence-corrected chi connectivity index (χ3v) is 7.76. The SMILES string of the molecule is CNCC[C@@H](O)[C@H]1CNC[C@H]1SC1=C(C)N2C(=O)[C@H]([C@@H](C)O)[C@H]2[C@H]1C. The van der Waals surface area contributed by atoms with Crippen LogP contribution < -0.4 is 10.6 Å². The van der Waals surface area contributed by atoms with Crippen molar-refractivity contribution in [1.82, 2.24) is 15.5 Å². The lowest BCUT2D eigenvalue weighted by molar-refractivity contribution is -0.159. The number of carbonyl (C=O) groups excluding carboxylic acids is 1. The Morgan fingerprint density at radius 3 is 2.76 bits per heavy atom. The highest BCUT2D eigenvalue weighted by atomic mass is 32.2. The third-order valence-electron chi connectivity index (χ3n) is 6.02. The minimum atomic E-state index is -0.599. The zero-order valence-electron chi connectivity index (χ0n) is 15.5. The summed E-state index contributed by atoms with van der Waals surface area (Å²) in [6, 6.07) is 0.0945. The standard InChI is InChI=1S/C18H31N3O3S/c1-9-16-15(11(3)22)18(24)21(16)10(2)17(9)25-14-8-20-7-12(14)13(23)5-6-19-4/h9,11-16,19-20,22-23H,5-8H2,1-4H3/t9-,11-,12-,13-,14-,15-,16-/m1/s1. The number of aliphatic hydroxyl groups excluding tert-OH is 2. The van der Waals surface area contributed by atoms with Gasteiger partial charge in [-0.1, -0.05) is 6.92 Å². The van der Waals surface area contributed by atoms with Gasteiger partial charge in [0.25, 0.3) is 0 Å². The highest BCUT2D eigenvalue weighted by Gasteiger charge is 2.57. The van der Waals surface area contributed by atoms with Crippen LogP contribution in [0.15, 0.2) is 10.6 Å². The lowest BCUT2D eigenvalue weighted by atomic mass is 9.79. The molecule has 3 rings (SSSR count). The molecule has 0 unspecified atom stereocenters.